The van der Waals surface area contributed by atoms with Gasteiger partial charge < -0.3 is 20.5 Å². The number of benzene rings is 1. The number of carbonyl (C=O) groups is 2. The summed E-state index contributed by atoms with van der Waals surface area (Å²) in [4.78, 5) is 37.0. The first-order chi connectivity index (χ1) is 14.6. The van der Waals surface area contributed by atoms with Crippen molar-refractivity contribution in [1.29, 1.82) is 0 Å². The minimum absolute atomic E-state index is 0.0464. The normalized spacial score (nSPS) is 22.1. The molecule has 2 aromatic heterocycles. The van der Waals surface area contributed by atoms with E-state index in [1.807, 2.05) is 48.2 Å². The number of para-hydroxylation sites is 2. The smallest absolute Gasteiger partial charge is 0.264 e. The van der Waals surface area contributed by atoms with E-state index in [4.69, 9.17) is 0 Å². The summed E-state index contributed by atoms with van der Waals surface area (Å²) in [6.07, 6.45) is 0.815. The zero-order valence-corrected chi connectivity index (χ0v) is 17.7. The summed E-state index contributed by atoms with van der Waals surface area (Å²) in [6.45, 7) is 5.13. The molecular formula is C22H25N5O2S. The number of nitrogens with zero attached hydrogens (tertiary/aromatic N) is 2. The van der Waals surface area contributed by atoms with Gasteiger partial charge in [-0.25, -0.2) is 4.98 Å². The molecule has 1 unspecified atom stereocenters. The summed E-state index contributed by atoms with van der Waals surface area (Å²) < 4.78 is 0. The highest BCUT2D eigenvalue weighted by Crippen LogP contribution is 2.47. The van der Waals surface area contributed by atoms with Crippen LogP contribution in [0.25, 0.3) is 11.0 Å². The molecule has 5 rings (SSSR count). The van der Waals surface area contributed by atoms with Gasteiger partial charge in [0, 0.05) is 42.9 Å². The van der Waals surface area contributed by atoms with E-state index in [9.17, 15) is 9.59 Å². The highest BCUT2D eigenvalue weighted by Gasteiger charge is 2.46. The third-order valence-electron chi connectivity index (χ3n) is 5.91. The molecule has 8 heteroatoms. The molecule has 2 amide bonds. The highest BCUT2D eigenvalue weighted by atomic mass is 32.1. The molecule has 2 aliphatic rings. The van der Waals surface area contributed by atoms with Gasteiger partial charge in [-0.3, -0.25) is 9.59 Å². The summed E-state index contributed by atoms with van der Waals surface area (Å²) >= 11 is 1.47. The predicted octanol–water partition coefficient (Wildman–Crippen LogP) is 2.65. The Kier molecular flexibility index (Phi) is 5.04. The fourth-order valence-corrected chi connectivity index (χ4v) is 5.03. The van der Waals surface area contributed by atoms with Gasteiger partial charge in [-0.2, -0.15) is 0 Å². The number of rotatable bonds is 5. The second-order valence-electron chi connectivity index (χ2n) is 8.06. The minimum Gasteiger partial charge on any atom is -0.349 e. The van der Waals surface area contributed by atoms with Crippen LogP contribution < -0.4 is 10.6 Å². The fraction of sp³-hybridized carbons (Fsp3) is 0.409. The maximum Gasteiger partial charge on any atom is 0.264 e. The quantitative estimate of drug-likeness (QED) is 0.589. The molecule has 156 valence electrons. The molecule has 1 saturated carbocycles. The van der Waals surface area contributed by atoms with Crippen molar-refractivity contribution in [2.24, 2.45) is 5.92 Å². The highest BCUT2D eigenvalue weighted by molar-refractivity contribution is 7.14. The zero-order valence-electron chi connectivity index (χ0n) is 16.9. The maximum atomic E-state index is 12.7. The third-order valence-corrected chi connectivity index (χ3v) is 7.17. The summed E-state index contributed by atoms with van der Waals surface area (Å²) in [5, 5.41) is 6.38. The molecule has 0 radical (unpaired) electrons. The Hall–Kier alpha value is -2.71. The largest absolute Gasteiger partial charge is 0.349 e. The Labute approximate surface area is 178 Å². The van der Waals surface area contributed by atoms with Crippen molar-refractivity contribution in [2.45, 2.75) is 25.3 Å². The molecule has 7 nitrogen and oxygen atoms in total. The lowest BCUT2D eigenvalue weighted by Gasteiger charge is -2.26. The number of imidazole rings is 1. The molecule has 3 heterocycles. The van der Waals surface area contributed by atoms with Gasteiger partial charge in [0.1, 0.15) is 5.82 Å². The van der Waals surface area contributed by atoms with Gasteiger partial charge in [0.2, 0.25) is 5.91 Å². The second kappa shape index (κ2) is 7.85. The van der Waals surface area contributed by atoms with E-state index in [0.717, 1.165) is 59.2 Å². The maximum absolute atomic E-state index is 12.7. The molecular weight excluding hydrogens is 398 g/mol. The number of H-pyrrole nitrogens is 1. The van der Waals surface area contributed by atoms with E-state index in [2.05, 4.69) is 20.6 Å². The Morgan fingerprint density at radius 2 is 2.00 bits per heavy atom. The van der Waals surface area contributed by atoms with Gasteiger partial charge in [-0.05, 0) is 37.6 Å². The molecule has 2 fully saturated rings. The number of amides is 2. The van der Waals surface area contributed by atoms with Crippen molar-refractivity contribution in [3.8, 4) is 0 Å². The van der Waals surface area contributed by atoms with Crippen molar-refractivity contribution in [3.05, 3.63) is 52.0 Å². The number of aromatic nitrogens is 2. The van der Waals surface area contributed by atoms with E-state index in [1.165, 1.54) is 11.3 Å². The van der Waals surface area contributed by atoms with E-state index < -0.39 is 0 Å². The van der Waals surface area contributed by atoms with E-state index >= 15 is 0 Å². The third kappa shape index (κ3) is 3.73. The van der Waals surface area contributed by atoms with Crippen molar-refractivity contribution in [1.82, 2.24) is 25.5 Å². The number of piperazine rings is 1. The van der Waals surface area contributed by atoms with Crippen molar-refractivity contribution in [3.63, 3.8) is 0 Å². The van der Waals surface area contributed by atoms with Crippen LogP contribution in [-0.4, -0.2) is 52.9 Å². The van der Waals surface area contributed by atoms with Crippen LogP contribution in [-0.2, 0) is 4.79 Å². The Bertz CT molecular complexity index is 1050. The van der Waals surface area contributed by atoms with E-state index in [0.29, 0.717) is 0 Å². The van der Waals surface area contributed by atoms with Crippen LogP contribution in [0.3, 0.4) is 0 Å². The minimum atomic E-state index is -0.121. The number of fused-ring (bicyclic) bond motifs is 1. The summed E-state index contributed by atoms with van der Waals surface area (Å²) in [7, 11) is 0. The molecule has 30 heavy (non-hydrogen) atoms. The van der Waals surface area contributed by atoms with Crippen LogP contribution in [0.1, 0.15) is 45.7 Å². The van der Waals surface area contributed by atoms with Crippen LogP contribution in [0.2, 0.25) is 0 Å². The average Bonchev–Trinajstić information content (AvgIpc) is 3.21. The molecule has 1 aromatic carbocycles. The van der Waals surface area contributed by atoms with Gasteiger partial charge in [-0.15, -0.1) is 11.3 Å². The first-order valence-corrected chi connectivity index (χ1v) is 11.3. The number of hydrogen-bond acceptors (Lipinski definition) is 5. The van der Waals surface area contributed by atoms with Crippen LogP contribution in [0.15, 0.2) is 36.4 Å². The molecule has 1 aliphatic carbocycles. The van der Waals surface area contributed by atoms with E-state index in [1.54, 1.807) is 0 Å². The second-order valence-corrected chi connectivity index (χ2v) is 9.18. The van der Waals surface area contributed by atoms with Crippen LogP contribution in [0.4, 0.5) is 0 Å². The first kappa shape index (κ1) is 19.3. The molecule has 3 aromatic rings. The Morgan fingerprint density at radius 3 is 2.80 bits per heavy atom. The topological polar surface area (TPSA) is 90.1 Å². The number of hydrogen-bond donors (Lipinski definition) is 3. The van der Waals surface area contributed by atoms with Gasteiger partial charge >= 0.3 is 0 Å². The molecule has 0 bridgehead atoms. The van der Waals surface area contributed by atoms with E-state index in [-0.39, 0.29) is 29.7 Å². The van der Waals surface area contributed by atoms with Gasteiger partial charge in [0.15, 0.2) is 0 Å². The number of thiophene rings is 1. The Balaban J connectivity index is 1.19. The number of nitrogens with one attached hydrogen (secondary N) is 3. The fourth-order valence-electron chi connectivity index (χ4n) is 4.05. The van der Waals surface area contributed by atoms with Crippen molar-refractivity contribution < 1.29 is 9.59 Å². The number of carbonyl (C=O) groups excluding carboxylic acids is 2. The molecule has 1 aliphatic heterocycles. The first-order valence-electron chi connectivity index (χ1n) is 10.4. The van der Waals surface area contributed by atoms with Crippen molar-refractivity contribution in [2.75, 3.05) is 26.2 Å². The number of aromatic amines is 1. The Morgan fingerprint density at radius 1 is 1.20 bits per heavy atom. The van der Waals surface area contributed by atoms with Gasteiger partial charge in [0.25, 0.3) is 5.91 Å². The summed E-state index contributed by atoms with van der Waals surface area (Å²) in [5.41, 5.74) is 1.94. The lowest BCUT2D eigenvalue weighted by atomic mass is 10.2. The van der Waals surface area contributed by atoms with Gasteiger partial charge in [-0.1, -0.05) is 12.1 Å². The average molecular weight is 424 g/mol. The van der Waals surface area contributed by atoms with Crippen LogP contribution in [0, 0.1) is 5.92 Å². The van der Waals surface area contributed by atoms with Crippen molar-refractivity contribution >= 4 is 34.2 Å². The summed E-state index contributed by atoms with van der Waals surface area (Å²) in [6, 6.07) is 11.6. The SMILES string of the molecule is CC(NC(=O)[C@@H]1C[C@H]1c1nc2ccccc2[nH]1)c1ccc(C(=O)N2CCNCC2)s1. The van der Waals surface area contributed by atoms with Gasteiger partial charge in [0.05, 0.1) is 22.0 Å². The molecule has 1 saturated heterocycles. The molecule has 0 spiro atoms. The monoisotopic (exact) mass is 423 g/mol. The predicted molar refractivity (Wildman–Crippen MR) is 117 cm³/mol. The summed E-state index contributed by atoms with van der Waals surface area (Å²) in [5.74, 6) is 1.13. The van der Waals surface area contributed by atoms with Crippen LogP contribution in [0.5, 0.6) is 0 Å². The van der Waals surface area contributed by atoms with Crippen LogP contribution >= 0.6 is 11.3 Å². The lowest BCUT2D eigenvalue weighted by Crippen LogP contribution is -2.46. The zero-order chi connectivity index (χ0) is 20.7. The molecule has 3 N–H and O–H groups in total. The molecule has 3 atom stereocenters. The lowest BCUT2D eigenvalue weighted by molar-refractivity contribution is -0.123. The standard InChI is InChI=1S/C22H25N5O2S/c1-13(18-6-7-19(30-18)22(29)27-10-8-23-9-11-27)24-21(28)15-12-14(15)20-25-16-4-2-3-5-17(16)26-20/h2-7,13-15,23H,8-12H2,1H3,(H,24,28)(H,25,26)/t13?,14-,15-/m1/s1.